The lowest BCUT2D eigenvalue weighted by Gasteiger charge is -2.26. The Morgan fingerprint density at radius 3 is 2.47 bits per heavy atom. The van der Waals surface area contributed by atoms with Crippen molar-refractivity contribution in [3.8, 4) is 0 Å². The molecule has 106 valence electrons. The zero-order valence-corrected chi connectivity index (χ0v) is 11.4. The van der Waals surface area contributed by atoms with Gasteiger partial charge in [0.1, 0.15) is 0 Å². The molecule has 0 aliphatic carbocycles. The first-order valence-electron chi connectivity index (χ1n) is 6.92. The van der Waals surface area contributed by atoms with E-state index >= 15 is 0 Å². The number of anilines is 1. The minimum absolute atomic E-state index is 0. The molecule has 2 rings (SSSR count). The zero-order chi connectivity index (χ0) is 12.6. The number of piperidine rings is 1. The van der Waals surface area contributed by atoms with Crippen molar-refractivity contribution in [3.05, 3.63) is 30.3 Å². The predicted octanol–water partition coefficient (Wildman–Crippen LogP) is 2.07. The molecule has 0 atom stereocenters. The van der Waals surface area contributed by atoms with Gasteiger partial charge in [-0.05, 0) is 51.0 Å². The Balaban J connectivity index is 0.00000180. The third-order valence-electron chi connectivity index (χ3n) is 3.38. The number of nitrogens with one attached hydrogen (secondary N) is 1. The van der Waals surface area contributed by atoms with Crippen LogP contribution < -0.4 is 5.32 Å². The molecule has 0 unspecified atom stereocenters. The average Bonchev–Trinajstić information content (AvgIpc) is 2.41. The summed E-state index contributed by atoms with van der Waals surface area (Å²) in [5.74, 6) is 0.123. The number of likely N-dealkylation sites (tertiary alicyclic amines) is 1. The minimum atomic E-state index is 0. The molecule has 1 amide bonds. The molecule has 1 fully saturated rings. The Morgan fingerprint density at radius 1 is 1.11 bits per heavy atom. The molecule has 1 aliphatic heterocycles. The second kappa shape index (κ2) is 8.67. The molecule has 3 N–H and O–H groups in total. The summed E-state index contributed by atoms with van der Waals surface area (Å²) in [6.45, 7) is 3.48. The van der Waals surface area contributed by atoms with Gasteiger partial charge in [0.25, 0.3) is 0 Å². The van der Waals surface area contributed by atoms with Crippen LogP contribution in [0.5, 0.6) is 0 Å². The molecule has 4 nitrogen and oxygen atoms in total. The molecule has 19 heavy (non-hydrogen) atoms. The van der Waals surface area contributed by atoms with Crippen molar-refractivity contribution in [1.82, 2.24) is 4.90 Å². The first-order chi connectivity index (χ1) is 8.84. The Bertz CT molecular complexity index is 362. The van der Waals surface area contributed by atoms with Gasteiger partial charge in [-0.3, -0.25) is 4.79 Å². The van der Waals surface area contributed by atoms with Crippen molar-refractivity contribution in [2.45, 2.75) is 32.1 Å². The quantitative estimate of drug-likeness (QED) is 0.884. The highest BCUT2D eigenvalue weighted by atomic mass is 16.1. The van der Waals surface area contributed by atoms with Gasteiger partial charge >= 0.3 is 0 Å². The largest absolute Gasteiger partial charge is 0.412 e. The maximum atomic E-state index is 11.7. The molecule has 0 spiro atoms. The van der Waals surface area contributed by atoms with Crippen LogP contribution in [-0.4, -0.2) is 35.9 Å². The van der Waals surface area contributed by atoms with Crippen LogP contribution in [0.15, 0.2) is 30.3 Å². The van der Waals surface area contributed by atoms with Gasteiger partial charge in [0.2, 0.25) is 5.91 Å². The summed E-state index contributed by atoms with van der Waals surface area (Å²) < 4.78 is 0. The summed E-state index contributed by atoms with van der Waals surface area (Å²) in [6, 6.07) is 9.66. The van der Waals surface area contributed by atoms with E-state index in [1.165, 1.54) is 32.4 Å². The standard InChI is InChI=1S/C15H22N2O.H2O/c18-15(16-14-8-3-1-4-9-14)10-7-13-17-11-5-2-6-12-17;/h1,3-4,8-9H,2,5-7,10-13H2,(H,16,18);1H2. The lowest BCUT2D eigenvalue weighted by Crippen LogP contribution is -2.31. The Kier molecular flexibility index (Phi) is 7.15. The molecule has 0 radical (unpaired) electrons. The summed E-state index contributed by atoms with van der Waals surface area (Å²) >= 11 is 0. The van der Waals surface area contributed by atoms with E-state index in [1.54, 1.807) is 0 Å². The van der Waals surface area contributed by atoms with Crippen LogP contribution in [0.1, 0.15) is 32.1 Å². The fourth-order valence-electron chi connectivity index (χ4n) is 2.39. The van der Waals surface area contributed by atoms with Gasteiger partial charge in [0, 0.05) is 12.1 Å². The molecule has 1 aliphatic rings. The smallest absolute Gasteiger partial charge is 0.224 e. The SMILES string of the molecule is O.O=C(CCCN1CCCCC1)Nc1ccccc1. The van der Waals surface area contributed by atoms with Crippen molar-refractivity contribution in [2.75, 3.05) is 25.0 Å². The van der Waals surface area contributed by atoms with E-state index in [2.05, 4.69) is 10.2 Å². The number of carbonyl (C=O) groups is 1. The van der Waals surface area contributed by atoms with Crippen molar-refractivity contribution in [1.29, 1.82) is 0 Å². The van der Waals surface area contributed by atoms with Crippen LogP contribution in [0, 0.1) is 0 Å². The fourth-order valence-corrected chi connectivity index (χ4v) is 2.39. The van der Waals surface area contributed by atoms with E-state index in [4.69, 9.17) is 0 Å². The molecule has 0 aromatic heterocycles. The number of amides is 1. The highest BCUT2D eigenvalue weighted by Crippen LogP contribution is 2.10. The molecule has 4 heteroatoms. The summed E-state index contributed by atoms with van der Waals surface area (Å²) in [5.41, 5.74) is 0.889. The summed E-state index contributed by atoms with van der Waals surface area (Å²) in [4.78, 5) is 14.2. The maximum Gasteiger partial charge on any atom is 0.224 e. The number of rotatable bonds is 5. The number of nitrogens with zero attached hydrogens (tertiary/aromatic N) is 1. The van der Waals surface area contributed by atoms with E-state index < -0.39 is 0 Å². The van der Waals surface area contributed by atoms with Crippen LogP contribution >= 0.6 is 0 Å². The average molecular weight is 264 g/mol. The van der Waals surface area contributed by atoms with Crippen LogP contribution in [0.4, 0.5) is 5.69 Å². The molecular weight excluding hydrogens is 240 g/mol. The molecule has 1 saturated heterocycles. The third-order valence-corrected chi connectivity index (χ3v) is 3.38. The van der Waals surface area contributed by atoms with Crippen LogP contribution in [0.2, 0.25) is 0 Å². The summed E-state index contributed by atoms with van der Waals surface area (Å²) in [7, 11) is 0. The van der Waals surface area contributed by atoms with E-state index in [9.17, 15) is 4.79 Å². The van der Waals surface area contributed by atoms with E-state index in [0.29, 0.717) is 6.42 Å². The molecular formula is C15H24N2O2. The Morgan fingerprint density at radius 2 is 1.79 bits per heavy atom. The molecule has 1 aromatic rings. The van der Waals surface area contributed by atoms with Crippen LogP contribution in [-0.2, 0) is 4.79 Å². The van der Waals surface area contributed by atoms with Crippen molar-refractivity contribution in [2.24, 2.45) is 0 Å². The van der Waals surface area contributed by atoms with E-state index in [1.807, 2.05) is 30.3 Å². The number of benzene rings is 1. The molecule has 0 bridgehead atoms. The second-order valence-electron chi connectivity index (χ2n) is 4.92. The Labute approximate surface area is 115 Å². The van der Waals surface area contributed by atoms with Gasteiger partial charge in [-0.1, -0.05) is 24.6 Å². The zero-order valence-electron chi connectivity index (χ0n) is 11.4. The van der Waals surface area contributed by atoms with Crippen molar-refractivity contribution < 1.29 is 10.3 Å². The van der Waals surface area contributed by atoms with Crippen LogP contribution in [0.25, 0.3) is 0 Å². The minimum Gasteiger partial charge on any atom is -0.412 e. The highest BCUT2D eigenvalue weighted by Gasteiger charge is 2.10. The molecule has 0 saturated carbocycles. The van der Waals surface area contributed by atoms with Crippen molar-refractivity contribution in [3.63, 3.8) is 0 Å². The van der Waals surface area contributed by atoms with Gasteiger partial charge < -0.3 is 15.7 Å². The summed E-state index contributed by atoms with van der Waals surface area (Å²) in [6.07, 6.45) is 5.57. The first kappa shape index (κ1) is 15.7. The number of para-hydroxylation sites is 1. The van der Waals surface area contributed by atoms with Gasteiger partial charge in [-0.2, -0.15) is 0 Å². The predicted molar refractivity (Wildman–Crippen MR) is 78.2 cm³/mol. The molecule has 1 heterocycles. The first-order valence-corrected chi connectivity index (χ1v) is 6.92. The summed E-state index contributed by atoms with van der Waals surface area (Å²) in [5, 5.41) is 2.92. The third kappa shape index (κ3) is 5.85. The van der Waals surface area contributed by atoms with Gasteiger partial charge in [0.05, 0.1) is 0 Å². The maximum absolute atomic E-state index is 11.7. The number of hydrogen-bond donors (Lipinski definition) is 1. The van der Waals surface area contributed by atoms with E-state index in [0.717, 1.165) is 18.7 Å². The lowest BCUT2D eigenvalue weighted by atomic mass is 10.1. The Hall–Kier alpha value is -1.39. The normalized spacial score (nSPS) is 15.6. The number of carbonyl (C=O) groups excluding carboxylic acids is 1. The second-order valence-corrected chi connectivity index (χ2v) is 4.92. The van der Waals surface area contributed by atoms with Gasteiger partial charge in [-0.25, -0.2) is 0 Å². The highest BCUT2D eigenvalue weighted by molar-refractivity contribution is 5.90. The van der Waals surface area contributed by atoms with E-state index in [-0.39, 0.29) is 11.4 Å². The lowest BCUT2D eigenvalue weighted by molar-refractivity contribution is -0.116. The van der Waals surface area contributed by atoms with Gasteiger partial charge in [0.15, 0.2) is 0 Å². The number of hydrogen-bond acceptors (Lipinski definition) is 2. The van der Waals surface area contributed by atoms with Crippen LogP contribution in [0.3, 0.4) is 0 Å². The van der Waals surface area contributed by atoms with Crippen molar-refractivity contribution >= 4 is 11.6 Å². The fraction of sp³-hybridized carbons (Fsp3) is 0.533. The van der Waals surface area contributed by atoms with Gasteiger partial charge in [-0.15, -0.1) is 0 Å². The monoisotopic (exact) mass is 264 g/mol. The topological polar surface area (TPSA) is 63.8 Å². The molecule has 1 aromatic carbocycles.